The van der Waals surface area contributed by atoms with Gasteiger partial charge in [0.2, 0.25) is 0 Å². The van der Waals surface area contributed by atoms with E-state index in [1.807, 2.05) is 6.07 Å². The third-order valence-corrected chi connectivity index (χ3v) is 5.65. The predicted molar refractivity (Wildman–Crippen MR) is 84.6 cm³/mol. The Morgan fingerprint density at radius 1 is 1.33 bits per heavy atom. The van der Waals surface area contributed by atoms with Crippen LogP contribution in [-0.2, 0) is 6.54 Å². The van der Waals surface area contributed by atoms with Crippen molar-refractivity contribution in [2.75, 3.05) is 13.6 Å². The van der Waals surface area contributed by atoms with Gasteiger partial charge < -0.3 is 5.73 Å². The molecule has 0 radical (unpaired) electrons. The summed E-state index contributed by atoms with van der Waals surface area (Å²) >= 11 is 12.8. The van der Waals surface area contributed by atoms with E-state index >= 15 is 0 Å². The zero-order chi connectivity index (χ0) is 13.1. The number of hydrogen-bond acceptors (Lipinski definition) is 4. The molecule has 2 rings (SSSR count). The molecular weight excluding hydrogens is 352 g/mol. The van der Waals surface area contributed by atoms with Gasteiger partial charge in [-0.3, -0.25) is 4.90 Å². The topological polar surface area (TPSA) is 29.3 Å². The minimum atomic E-state index is 0.252. The molecule has 2 aromatic rings. The van der Waals surface area contributed by atoms with Crippen LogP contribution in [-0.4, -0.2) is 18.5 Å². The summed E-state index contributed by atoms with van der Waals surface area (Å²) in [4.78, 5) is 4.81. The van der Waals surface area contributed by atoms with Crippen molar-refractivity contribution in [3.63, 3.8) is 0 Å². The molecular formula is C12H14BrClN2S2. The van der Waals surface area contributed by atoms with E-state index in [2.05, 4.69) is 46.1 Å². The van der Waals surface area contributed by atoms with E-state index in [0.717, 1.165) is 14.7 Å². The molecule has 0 amide bonds. The lowest BCUT2D eigenvalue weighted by atomic mass is 10.2. The Balaban J connectivity index is 2.08. The first-order valence-electron chi connectivity index (χ1n) is 5.50. The second-order valence-electron chi connectivity index (χ2n) is 4.01. The Labute approximate surface area is 128 Å². The molecule has 2 aromatic heterocycles. The van der Waals surface area contributed by atoms with Crippen LogP contribution in [0.5, 0.6) is 0 Å². The number of halogens is 2. The molecule has 1 atom stereocenters. The maximum absolute atomic E-state index is 5.95. The van der Waals surface area contributed by atoms with Crippen LogP contribution < -0.4 is 5.73 Å². The van der Waals surface area contributed by atoms with Gasteiger partial charge in [-0.2, -0.15) is 0 Å². The van der Waals surface area contributed by atoms with E-state index in [1.54, 1.807) is 22.7 Å². The number of likely N-dealkylation sites (N-methyl/N-ethyl adjacent to an activating group) is 1. The van der Waals surface area contributed by atoms with Crippen LogP contribution in [0, 0.1) is 0 Å². The van der Waals surface area contributed by atoms with Gasteiger partial charge in [-0.15, -0.1) is 22.7 Å². The second-order valence-corrected chi connectivity index (χ2v) is 8.31. The molecule has 0 aromatic carbocycles. The fraction of sp³-hybridized carbons (Fsp3) is 0.333. The van der Waals surface area contributed by atoms with Crippen molar-refractivity contribution in [2.24, 2.45) is 5.73 Å². The highest BCUT2D eigenvalue weighted by molar-refractivity contribution is 9.11. The molecule has 0 saturated carbocycles. The standard InChI is InChI=1S/C12H14BrClN2S2/c1-16(7-8-2-5-12(14)17-8)9(6-15)10-3-4-11(13)18-10/h2-5,9H,6-7,15H2,1H3. The Kier molecular flexibility index (Phi) is 5.24. The molecule has 0 saturated heterocycles. The summed E-state index contributed by atoms with van der Waals surface area (Å²) in [6, 6.07) is 8.46. The average molecular weight is 366 g/mol. The molecule has 98 valence electrons. The largest absolute Gasteiger partial charge is 0.329 e. The van der Waals surface area contributed by atoms with Crippen molar-refractivity contribution in [1.29, 1.82) is 0 Å². The van der Waals surface area contributed by atoms with Gasteiger partial charge in [-0.05, 0) is 47.2 Å². The summed E-state index contributed by atoms with van der Waals surface area (Å²) in [5, 5.41) is 0. The lowest BCUT2D eigenvalue weighted by molar-refractivity contribution is 0.247. The van der Waals surface area contributed by atoms with Crippen LogP contribution in [0.15, 0.2) is 28.1 Å². The number of nitrogens with two attached hydrogens (primary N) is 1. The monoisotopic (exact) mass is 364 g/mol. The third-order valence-electron chi connectivity index (χ3n) is 2.71. The summed E-state index contributed by atoms with van der Waals surface area (Å²) in [6.45, 7) is 1.48. The first-order valence-corrected chi connectivity index (χ1v) is 8.30. The van der Waals surface area contributed by atoms with E-state index in [0.29, 0.717) is 6.54 Å². The normalized spacial score (nSPS) is 13.2. The summed E-state index contributed by atoms with van der Waals surface area (Å²) in [5.41, 5.74) is 5.90. The van der Waals surface area contributed by atoms with Gasteiger partial charge in [-0.1, -0.05) is 11.6 Å². The van der Waals surface area contributed by atoms with Crippen LogP contribution in [0.3, 0.4) is 0 Å². The van der Waals surface area contributed by atoms with Crippen LogP contribution in [0.25, 0.3) is 0 Å². The fourth-order valence-electron chi connectivity index (χ4n) is 1.81. The summed E-state index contributed by atoms with van der Waals surface area (Å²) in [7, 11) is 2.10. The van der Waals surface area contributed by atoms with E-state index in [-0.39, 0.29) is 6.04 Å². The Morgan fingerprint density at radius 2 is 2.11 bits per heavy atom. The van der Waals surface area contributed by atoms with Crippen molar-refractivity contribution in [3.8, 4) is 0 Å². The van der Waals surface area contributed by atoms with E-state index in [4.69, 9.17) is 17.3 Å². The molecule has 18 heavy (non-hydrogen) atoms. The first-order chi connectivity index (χ1) is 8.60. The molecule has 0 fully saturated rings. The Bertz CT molecular complexity index is 512. The van der Waals surface area contributed by atoms with Gasteiger partial charge in [0.25, 0.3) is 0 Å². The van der Waals surface area contributed by atoms with Gasteiger partial charge in [0.15, 0.2) is 0 Å². The average Bonchev–Trinajstić information content (AvgIpc) is 2.89. The molecule has 0 bridgehead atoms. The lowest BCUT2D eigenvalue weighted by Gasteiger charge is -2.25. The molecule has 2 nitrogen and oxygen atoms in total. The van der Waals surface area contributed by atoms with Crippen molar-refractivity contribution in [1.82, 2.24) is 4.90 Å². The van der Waals surface area contributed by atoms with E-state index in [1.165, 1.54) is 9.75 Å². The van der Waals surface area contributed by atoms with Gasteiger partial charge in [0.1, 0.15) is 0 Å². The van der Waals surface area contributed by atoms with Crippen molar-refractivity contribution < 1.29 is 0 Å². The number of thiophene rings is 2. The highest BCUT2D eigenvalue weighted by atomic mass is 79.9. The first kappa shape index (κ1) is 14.5. The molecule has 2 heterocycles. The maximum atomic E-state index is 5.95. The smallest absolute Gasteiger partial charge is 0.0931 e. The second kappa shape index (κ2) is 6.50. The number of nitrogens with zero attached hydrogens (tertiary/aromatic N) is 1. The fourth-order valence-corrected chi connectivity index (χ4v) is 4.57. The molecule has 0 spiro atoms. The van der Waals surface area contributed by atoms with Gasteiger partial charge in [0, 0.05) is 22.8 Å². The van der Waals surface area contributed by atoms with E-state index < -0.39 is 0 Å². The Morgan fingerprint density at radius 3 is 2.61 bits per heavy atom. The SMILES string of the molecule is CN(Cc1ccc(Cl)s1)C(CN)c1ccc(Br)s1. The summed E-state index contributed by atoms with van der Waals surface area (Å²) < 4.78 is 1.98. The highest BCUT2D eigenvalue weighted by Gasteiger charge is 2.18. The van der Waals surface area contributed by atoms with E-state index in [9.17, 15) is 0 Å². The summed E-state index contributed by atoms with van der Waals surface area (Å²) in [5.74, 6) is 0. The highest BCUT2D eigenvalue weighted by Crippen LogP contribution is 2.31. The van der Waals surface area contributed by atoms with Gasteiger partial charge in [0.05, 0.1) is 14.2 Å². The van der Waals surface area contributed by atoms with Crippen molar-refractivity contribution >= 4 is 50.2 Å². The molecule has 0 aliphatic carbocycles. The van der Waals surface area contributed by atoms with Crippen LogP contribution in [0.2, 0.25) is 4.34 Å². The number of rotatable bonds is 5. The van der Waals surface area contributed by atoms with Gasteiger partial charge >= 0.3 is 0 Å². The third kappa shape index (κ3) is 3.56. The Hall–Kier alpha value is 0.0900. The van der Waals surface area contributed by atoms with Crippen LogP contribution >= 0.6 is 50.2 Å². The maximum Gasteiger partial charge on any atom is 0.0931 e. The predicted octanol–water partition coefficient (Wildman–Crippen LogP) is 4.36. The summed E-state index contributed by atoms with van der Waals surface area (Å²) in [6.07, 6.45) is 0. The minimum absolute atomic E-state index is 0.252. The zero-order valence-corrected chi connectivity index (χ0v) is 13.9. The van der Waals surface area contributed by atoms with Crippen LogP contribution in [0.4, 0.5) is 0 Å². The van der Waals surface area contributed by atoms with Crippen molar-refractivity contribution in [2.45, 2.75) is 12.6 Å². The number of hydrogen-bond donors (Lipinski definition) is 1. The molecule has 6 heteroatoms. The zero-order valence-electron chi connectivity index (χ0n) is 9.90. The van der Waals surface area contributed by atoms with Crippen LogP contribution in [0.1, 0.15) is 15.8 Å². The minimum Gasteiger partial charge on any atom is -0.329 e. The molecule has 0 aliphatic rings. The lowest BCUT2D eigenvalue weighted by Crippen LogP contribution is -2.29. The quantitative estimate of drug-likeness (QED) is 0.853. The van der Waals surface area contributed by atoms with Gasteiger partial charge in [-0.25, -0.2) is 0 Å². The van der Waals surface area contributed by atoms with Crippen molar-refractivity contribution in [3.05, 3.63) is 42.1 Å². The molecule has 0 aliphatic heterocycles. The molecule has 1 unspecified atom stereocenters. The molecule has 2 N–H and O–H groups in total.